The molecule has 5 heterocycles. The summed E-state index contributed by atoms with van der Waals surface area (Å²) in [4.78, 5) is 87.0. The number of ketones is 2. The van der Waals surface area contributed by atoms with Crippen LogP contribution in [0.5, 0.6) is 0 Å². The molecule has 75 heavy (non-hydrogen) atoms. The minimum Gasteiger partial charge on any atom is -0.476 e. The van der Waals surface area contributed by atoms with E-state index in [0.29, 0.717) is 60.1 Å². The number of Topliss-reactive ketones (excluding diaryl/α,β-unsaturated/α-hetero) is 2. The van der Waals surface area contributed by atoms with Gasteiger partial charge < -0.3 is 35.4 Å². The maximum absolute atomic E-state index is 13.4. The summed E-state index contributed by atoms with van der Waals surface area (Å²) < 4.78 is 55.0. The van der Waals surface area contributed by atoms with Crippen LogP contribution >= 0.6 is 22.7 Å². The lowest BCUT2D eigenvalue weighted by Crippen LogP contribution is -2.36. The number of hydrogen-bond donors (Lipinski definition) is 8. The Labute approximate surface area is 433 Å². The number of hydrogen-bond acceptors (Lipinski definition) is 23. The van der Waals surface area contributed by atoms with Crippen LogP contribution in [-0.4, -0.2) is 154 Å². The molecule has 2 saturated carbocycles. The van der Waals surface area contributed by atoms with Gasteiger partial charge in [0.2, 0.25) is 0 Å². The molecule has 4 amide bonds. The average molecular weight is 1110 g/mol. The van der Waals surface area contributed by atoms with Gasteiger partial charge in [0.25, 0.3) is 30.0 Å². The summed E-state index contributed by atoms with van der Waals surface area (Å²) in [6.07, 6.45) is 7.00. The second kappa shape index (κ2) is 22.7. The highest BCUT2D eigenvalue weighted by atomic mass is 32.2. The summed E-state index contributed by atoms with van der Waals surface area (Å²) in [7, 11) is -5.24. The van der Waals surface area contributed by atoms with Crippen LogP contribution in [0.25, 0.3) is 0 Å². The number of aromatic nitrogens is 10. The zero-order valence-corrected chi connectivity index (χ0v) is 42.9. The standard InChI is InChI=1S/C22H24N8O7S2.C20H22N8O6S2/c31-17(12-3-1-2-4-12)14-11-13(30-7-9-37-10-8-30)5-6-15(14)23-20(34)25-21-24-16(18(32)33)19(38-21)39(35,36)22-26-28-29-27-22;1-28(2)11-7-8-13(12(9-11)15(29)10-5-3-4-6-10)21-18(32)23-19-22-14(16(30)31)17(35-19)36(33,34)20-24-26-27-25-20/h5-6,11-12H,1-4,7-10H2,(H,32,33)(H2,23,24,25,34)(H,26,27,28,29);7-10H,3-6H2,1-2H3,(H,30,31)(H2,21,22,23,32)(H,24,25,26,27). The number of carbonyl (C=O) groups is 6. The van der Waals surface area contributed by atoms with E-state index in [1.54, 1.807) is 36.4 Å². The monoisotopic (exact) mass is 1110 g/mol. The van der Waals surface area contributed by atoms with Crippen molar-refractivity contribution in [2.24, 2.45) is 11.8 Å². The number of ether oxygens (including phenoxy) is 1. The molecule has 1 aliphatic heterocycles. The average Bonchev–Trinajstić information content (AvgIpc) is 4.25. The summed E-state index contributed by atoms with van der Waals surface area (Å²) in [5, 5.41) is 50.7. The van der Waals surface area contributed by atoms with Crippen molar-refractivity contribution in [3.05, 3.63) is 58.9 Å². The molecule has 3 aliphatic rings. The first-order valence-electron chi connectivity index (χ1n) is 22.8. The van der Waals surface area contributed by atoms with Crippen molar-refractivity contribution < 1.29 is 60.6 Å². The molecule has 33 heteroatoms. The fraction of sp³-hybridized carbons (Fsp3) is 0.381. The van der Waals surface area contributed by atoms with Crippen molar-refractivity contribution in [3.63, 3.8) is 0 Å². The van der Waals surface area contributed by atoms with Gasteiger partial charge in [0, 0.05) is 61.5 Å². The Morgan fingerprint density at radius 2 is 1.09 bits per heavy atom. The molecule has 8 N–H and O–H groups in total. The fourth-order valence-corrected chi connectivity index (χ4v) is 13.3. The van der Waals surface area contributed by atoms with Crippen LogP contribution in [0.4, 0.5) is 42.6 Å². The number of carbonyl (C=O) groups excluding carboxylic acids is 4. The molecule has 2 aromatic carbocycles. The highest BCUT2D eigenvalue weighted by Crippen LogP contribution is 2.36. The number of aromatic amines is 2. The van der Waals surface area contributed by atoms with E-state index in [-0.39, 0.29) is 45.0 Å². The van der Waals surface area contributed by atoms with E-state index in [4.69, 9.17) is 4.74 Å². The maximum atomic E-state index is 13.4. The summed E-state index contributed by atoms with van der Waals surface area (Å²) >= 11 is 0.847. The molecular formula is C42H46N16O13S4. The Kier molecular flexibility index (Phi) is 16.2. The zero-order chi connectivity index (χ0) is 53.6. The number of tetrazole rings is 2. The van der Waals surface area contributed by atoms with Crippen LogP contribution in [0.2, 0.25) is 0 Å². The molecule has 6 aromatic rings. The number of morpholine rings is 1. The van der Waals surface area contributed by atoms with E-state index < -0.39 is 73.8 Å². The normalized spacial score (nSPS) is 15.1. The van der Waals surface area contributed by atoms with Crippen molar-refractivity contribution in [2.45, 2.75) is 70.1 Å². The highest BCUT2D eigenvalue weighted by Gasteiger charge is 2.35. The lowest BCUT2D eigenvalue weighted by molar-refractivity contribution is 0.0677. The second-order valence-corrected chi connectivity index (χ2v) is 23.2. The molecule has 0 bridgehead atoms. The van der Waals surface area contributed by atoms with Crippen LogP contribution in [0, 0.1) is 11.8 Å². The van der Waals surface area contributed by atoms with E-state index in [0.717, 1.165) is 62.7 Å². The van der Waals surface area contributed by atoms with Gasteiger partial charge >= 0.3 is 24.0 Å². The smallest absolute Gasteiger partial charge is 0.356 e. The van der Waals surface area contributed by atoms with Crippen molar-refractivity contribution >= 4 is 111 Å². The topological polar surface area (TPSA) is 410 Å². The number of sulfone groups is 2. The van der Waals surface area contributed by atoms with Crippen molar-refractivity contribution in [2.75, 3.05) is 71.5 Å². The number of nitrogens with one attached hydrogen (secondary N) is 6. The first-order valence-corrected chi connectivity index (χ1v) is 27.4. The van der Waals surface area contributed by atoms with Gasteiger partial charge in [-0.1, -0.05) is 58.6 Å². The quantitative estimate of drug-likeness (QED) is 0.0626. The third-order valence-corrected chi connectivity index (χ3v) is 18.1. The van der Waals surface area contributed by atoms with E-state index in [2.05, 4.69) is 67.0 Å². The van der Waals surface area contributed by atoms with Crippen LogP contribution < -0.4 is 31.1 Å². The van der Waals surface area contributed by atoms with Crippen LogP contribution in [-0.2, 0) is 24.4 Å². The number of urea groups is 2. The summed E-state index contributed by atoms with van der Waals surface area (Å²) in [5.41, 5.74) is 1.29. The minimum atomic E-state index is -4.46. The summed E-state index contributed by atoms with van der Waals surface area (Å²) in [6, 6.07) is 8.60. The number of carboxylic acids is 2. The van der Waals surface area contributed by atoms with Gasteiger partial charge in [-0.25, -0.2) is 46.0 Å². The molecule has 0 spiro atoms. The molecule has 0 unspecified atom stereocenters. The van der Waals surface area contributed by atoms with E-state index in [1.807, 2.05) is 29.4 Å². The van der Waals surface area contributed by atoms with Crippen LogP contribution in [0.1, 0.15) is 93.1 Å². The number of H-pyrrole nitrogens is 2. The van der Waals surface area contributed by atoms with E-state index in [9.17, 15) is 55.8 Å². The summed E-state index contributed by atoms with van der Waals surface area (Å²) in [6.45, 7) is 2.50. The van der Waals surface area contributed by atoms with Gasteiger partial charge in [0.15, 0.2) is 41.6 Å². The molecule has 4 aromatic heterocycles. The number of nitrogens with zero attached hydrogens (tertiary/aromatic N) is 10. The van der Waals surface area contributed by atoms with Gasteiger partial charge in [-0.05, 0) is 72.5 Å². The Balaban J connectivity index is 0.000000200. The Hall–Kier alpha value is -7.88. The van der Waals surface area contributed by atoms with Crippen LogP contribution in [0.15, 0.2) is 55.1 Å². The largest absolute Gasteiger partial charge is 0.476 e. The van der Waals surface area contributed by atoms with Gasteiger partial charge in [0.05, 0.1) is 24.6 Å². The zero-order valence-electron chi connectivity index (χ0n) is 39.6. The molecule has 29 nitrogen and oxygen atoms in total. The van der Waals surface area contributed by atoms with Gasteiger partial charge in [-0.3, -0.25) is 20.2 Å². The van der Waals surface area contributed by atoms with Crippen molar-refractivity contribution in [1.82, 2.24) is 51.2 Å². The van der Waals surface area contributed by atoms with E-state index >= 15 is 0 Å². The third kappa shape index (κ3) is 12.1. The number of aromatic carboxylic acids is 2. The fourth-order valence-electron chi connectivity index (χ4n) is 8.36. The number of rotatable bonds is 16. The molecular weight excluding hydrogens is 1060 g/mol. The molecule has 9 rings (SSSR count). The van der Waals surface area contributed by atoms with Gasteiger partial charge in [0.1, 0.15) is 0 Å². The first-order chi connectivity index (χ1) is 35.8. The van der Waals surface area contributed by atoms with Crippen molar-refractivity contribution in [3.8, 4) is 0 Å². The number of thiazole rings is 2. The number of anilines is 6. The SMILES string of the molecule is CN(C)c1ccc(NC(=O)Nc2nc(C(=O)O)c(S(=O)(=O)c3nn[nH]n3)s2)c(C(=O)C2CCCC2)c1.O=C(Nc1nc(C(=O)O)c(S(=O)(=O)c2nn[nH]n2)s1)Nc1ccc(N2CCOCC2)cc1C(=O)C1CCCC1. The maximum Gasteiger partial charge on any atom is 0.356 e. The Bertz CT molecular complexity index is 3350. The van der Waals surface area contributed by atoms with E-state index in [1.165, 1.54) is 0 Å². The lowest BCUT2D eigenvalue weighted by atomic mass is 9.94. The predicted molar refractivity (Wildman–Crippen MR) is 266 cm³/mol. The van der Waals surface area contributed by atoms with Gasteiger partial charge in [-0.2, -0.15) is 10.4 Å². The second-order valence-electron chi connectivity index (χ2n) is 17.1. The number of carboxylic acid groups (broad SMARTS) is 2. The third-order valence-electron chi connectivity index (χ3n) is 12.0. The Morgan fingerprint density at radius 1 is 0.653 bits per heavy atom. The number of benzene rings is 2. The summed E-state index contributed by atoms with van der Waals surface area (Å²) in [5.74, 6) is -3.63. The molecule has 3 fully saturated rings. The highest BCUT2D eigenvalue weighted by molar-refractivity contribution is 7.93. The number of amides is 4. The van der Waals surface area contributed by atoms with Crippen LogP contribution in [0.3, 0.4) is 0 Å². The predicted octanol–water partition coefficient (Wildman–Crippen LogP) is 4.31. The molecule has 0 radical (unpaired) electrons. The Morgan fingerprint density at radius 3 is 1.51 bits per heavy atom. The lowest BCUT2D eigenvalue weighted by Gasteiger charge is -2.29. The molecule has 2 aliphatic carbocycles. The van der Waals surface area contributed by atoms with Crippen molar-refractivity contribution in [1.29, 1.82) is 0 Å². The minimum absolute atomic E-state index is 0.0613. The van der Waals surface area contributed by atoms with Gasteiger partial charge in [-0.15, -0.1) is 10.2 Å². The molecule has 396 valence electrons. The first kappa shape index (κ1) is 53.4. The molecule has 1 saturated heterocycles. The molecule has 0 atom stereocenters.